The summed E-state index contributed by atoms with van der Waals surface area (Å²) >= 11 is 0. The van der Waals surface area contributed by atoms with Crippen molar-refractivity contribution in [1.82, 2.24) is 4.57 Å². The lowest BCUT2D eigenvalue weighted by atomic mass is 10.3. The molecule has 0 aliphatic carbocycles. The third-order valence-corrected chi connectivity index (χ3v) is 2.40. The van der Waals surface area contributed by atoms with Crippen molar-refractivity contribution < 1.29 is 23.1 Å². The second-order valence-electron chi connectivity index (χ2n) is 3.62. The van der Waals surface area contributed by atoms with E-state index in [1.807, 2.05) is 0 Å². The van der Waals surface area contributed by atoms with Crippen LogP contribution in [0.5, 0.6) is 0 Å². The minimum absolute atomic E-state index is 0.366. The SMILES string of the molecule is O=C(O)c1cc(C(F)(F)F)cn1-c1ccccc1. The fourth-order valence-corrected chi connectivity index (χ4v) is 1.58. The molecule has 0 aliphatic heterocycles. The molecule has 1 aromatic carbocycles. The van der Waals surface area contributed by atoms with E-state index in [2.05, 4.69) is 0 Å². The molecule has 2 aromatic rings. The lowest BCUT2D eigenvalue weighted by molar-refractivity contribution is -0.137. The second-order valence-corrected chi connectivity index (χ2v) is 3.62. The van der Waals surface area contributed by atoms with Crippen LogP contribution < -0.4 is 0 Å². The number of rotatable bonds is 2. The Labute approximate surface area is 100 Å². The lowest BCUT2D eigenvalue weighted by Gasteiger charge is -2.05. The van der Waals surface area contributed by atoms with Crippen LogP contribution in [0.1, 0.15) is 16.1 Å². The van der Waals surface area contributed by atoms with Crippen molar-refractivity contribution in [1.29, 1.82) is 0 Å². The summed E-state index contributed by atoms with van der Waals surface area (Å²) in [6, 6.07) is 8.62. The van der Waals surface area contributed by atoms with E-state index in [-0.39, 0.29) is 0 Å². The van der Waals surface area contributed by atoms with E-state index >= 15 is 0 Å². The summed E-state index contributed by atoms with van der Waals surface area (Å²) in [5, 5.41) is 8.92. The predicted molar refractivity (Wildman–Crippen MR) is 57.7 cm³/mol. The molecule has 0 amide bonds. The monoisotopic (exact) mass is 255 g/mol. The van der Waals surface area contributed by atoms with Crippen LogP contribution in [0.25, 0.3) is 5.69 Å². The molecule has 0 aliphatic rings. The Bertz CT molecular complexity index is 573. The van der Waals surface area contributed by atoms with Crippen molar-refractivity contribution >= 4 is 5.97 Å². The van der Waals surface area contributed by atoms with Gasteiger partial charge in [0.1, 0.15) is 5.69 Å². The molecule has 0 atom stereocenters. The van der Waals surface area contributed by atoms with Gasteiger partial charge in [0.05, 0.1) is 5.56 Å². The molecule has 2 rings (SSSR count). The van der Waals surface area contributed by atoms with Gasteiger partial charge in [0.25, 0.3) is 0 Å². The van der Waals surface area contributed by atoms with E-state index in [1.54, 1.807) is 18.2 Å². The predicted octanol–water partition coefficient (Wildman–Crippen LogP) is 3.19. The number of hydrogen-bond donors (Lipinski definition) is 1. The number of benzene rings is 1. The van der Waals surface area contributed by atoms with Gasteiger partial charge in [0.15, 0.2) is 0 Å². The Morgan fingerprint density at radius 1 is 1.17 bits per heavy atom. The minimum Gasteiger partial charge on any atom is -0.477 e. The smallest absolute Gasteiger partial charge is 0.417 e. The van der Waals surface area contributed by atoms with Crippen LogP contribution >= 0.6 is 0 Å². The molecule has 0 saturated carbocycles. The van der Waals surface area contributed by atoms with Crippen LogP contribution in [-0.2, 0) is 6.18 Å². The largest absolute Gasteiger partial charge is 0.477 e. The van der Waals surface area contributed by atoms with E-state index in [4.69, 9.17) is 5.11 Å². The first kappa shape index (κ1) is 12.2. The molecule has 1 N–H and O–H groups in total. The highest BCUT2D eigenvalue weighted by atomic mass is 19.4. The number of carboxylic acids is 1. The second kappa shape index (κ2) is 4.21. The first-order valence-electron chi connectivity index (χ1n) is 4.98. The van der Waals surface area contributed by atoms with Crippen LogP contribution in [0.4, 0.5) is 13.2 Å². The van der Waals surface area contributed by atoms with Gasteiger partial charge in [-0.2, -0.15) is 13.2 Å². The number of hydrogen-bond acceptors (Lipinski definition) is 1. The first-order valence-corrected chi connectivity index (χ1v) is 4.98. The summed E-state index contributed by atoms with van der Waals surface area (Å²) in [6.45, 7) is 0. The average molecular weight is 255 g/mol. The molecule has 0 radical (unpaired) electrons. The van der Waals surface area contributed by atoms with Crippen LogP contribution in [0.15, 0.2) is 42.6 Å². The zero-order valence-corrected chi connectivity index (χ0v) is 8.98. The van der Waals surface area contributed by atoms with Gasteiger partial charge in [-0.15, -0.1) is 0 Å². The Morgan fingerprint density at radius 2 is 1.78 bits per heavy atom. The highest BCUT2D eigenvalue weighted by Crippen LogP contribution is 2.31. The number of para-hydroxylation sites is 1. The summed E-state index contributed by atoms with van der Waals surface area (Å²) in [7, 11) is 0. The maximum absolute atomic E-state index is 12.6. The highest BCUT2D eigenvalue weighted by Gasteiger charge is 2.33. The Kier molecular flexibility index (Phi) is 2.86. The van der Waals surface area contributed by atoms with Crippen molar-refractivity contribution in [3.8, 4) is 5.69 Å². The van der Waals surface area contributed by atoms with Gasteiger partial charge in [-0.25, -0.2) is 4.79 Å². The third kappa shape index (κ3) is 2.22. The zero-order valence-electron chi connectivity index (χ0n) is 8.98. The van der Waals surface area contributed by atoms with E-state index in [0.717, 1.165) is 10.8 Å². The summed E-state index contributed by atoms with van der Waals surface area (Å²) in [6.07, 6.45) is -3.79. The standard InChI is InChI=1S/C12H8F3NO2/c13-12(14,15)8-6-10(11(17)18)16(7-8)9-4-2-1-3-5-9/h1-7H,(H,17,18). The number of nitrogens with zero attached hydrogens (tertiary/aromatic N) is 1. The normalized spacial score (nSPS) is 11.5. The van der Waals surface area contributed by atoms with Crippen LogP contribution in [0.2, 0.25) is 0 Å². The van der Waals surface area contributed by atoms with Gasteiger partial charge in [-0.05, 0) is 18.2 Å². The van der Waals surface area contributed by atoms with Crippen LogP contribution in [-0.4, -0.2) is 15.6 Å². The van der Waals surface area contributed by atoms with Crippen molar-refractivity contribution in [3.05, 3.63) is 53.9 Å². The molecular weight excluding hydrogens is 247 g/mol. The lowest BCUT2D eigenvalue weighted by Crippen LogP contribution is -2.05. The summed E-state index contributed by atoms with van der Waals surface area (Å²) in [5.74, 6) is -1.41. The molecular formula is C12H8F3NO2. The van der Waals surface area contributed by atoms with Crippen molar-refractivity contribution in [3.63, 3.8) is 0 Å². The molecule has 0 spiro atoms. The molecule has 0 bridgehead atoms. The maximum Gasteiger partial charge on any atom is 0.417 e. The van der Waals surface area contributed by atoms with Crippen LogP contribution in [0, 0.1) is 0 Å². The van der Waals surface area contributed by atoms with Crippen molar-refractivity contribution in [2.45, 2.75) is 6.18 Å². The van der Waals surface area contributed by atoms with Gasteiger partial charge in [0.2, 0.25) is 0 Å². The fourth-order valence-electron chi connectivity index (χ4n) is 1.58. The molecule has 0 fully saturated rings. The number of carboxylic acid groups (broad SMARTS) is 1. The molecule has 1 aromatic heterocycles. The van der Waals surface area contributed by atoms with Crippen molar-refractivity contribution in [2.75, 3.05) is 0 Å². The summed E-state index contributed by atoms with van der Waals surface area (Å²) < 4.78 is 38.7. The number of halogens is 3. The van der Waals surface area contributed by atoms with E-state index < -0.39 is 23.4 Å². The van der Waals surface area contributed by atoms with Gasteiger partial charge >= 0.3 is 12.1 Å². The number of aromatic carboxylic acids is 1. The van der Waals surface area contributed by atoms with E-state index in [1.165, 1.54) is 12.1 Å². The minimum atomic E-state index is -4.57. The number of alkyl halides is 3. The average Bonchev–Trinajstić information content (AvgIpc) is 2.74. The van der Waals surface area contributed by atoms with Gasteiger partial charge in [-0.3, -0.25) is 0 Å². The third-order valence-electron chi connectivity index (χ3n) is 2.40. The highest BCUT2D eigenvalue weighted by molar-refractivity contribution is 5.87. The van der Waals surface area contributed by atoms with Gasteiger partial charge in [-0.1, -0.05) is 18.2 Å². The molecule has 6 heteroatoms. The molecule has 1 heterocycles. The summed E-state index contributed by atoms with van der Waals surface area (Å²) in [5.41, 5.74) is -1.04. The van der Waals surface area contributed by atoms with E-state index in [0.29, 0.717) is 11.8 Å². The molecule has 0 saturated heterocycles. The van der Waals surface area contributed by atoms with E-state index in [9.17, 15) is 18.0 Å². The molecule has 94 valence electrons. The molecule has 18 heavy (non-hydrogen) atoms. The number of carbonyl (C=O) groups is 1. The topological polar surface area (TPSA) is 42.2 Å². The zero-order chi connectivity index (χ0) is 13.3. The first-order chi connectivity index (χ1) is 8.39. The fraction of sp³-hybridized carbons (Fsp3) is 0.0833. The Morgan fingerprint density at radius 3 is 2.28 bits per heavy atom. The number of aromatic nitrogens is 1. The van der Waals surface area contributed by atoms with Gasteiger partial charge in [0, 0.05) is 11.9 Å². The summed E-state index contributed by atoms with van der Waals surface area (Å²) in [4.78, 5) is 10.9. The Hall–Kier alpha value is -2.24. The molecule has 0 unspecified atom stereocenters. The Balaban J connectivity index is 2.60. The molecule has 3 nitrogen and oxygen atoms in total. The van der Waals surface area contributed by atoms with Crippen molar-refractivity contribution in [2.24, 2.45) is 0 Å². The maximum atomic E-state index is 12.6. The quantitative estimate of drug-likeness (QED) is 0.895. The van der Waals surface area contributed by atoms with Crippen LogP contribution in [0.3, 0.4) is 0 Å². The van der Waals surface area contributed by atoms with Gasteiger partial charge < -0.3 is 9.67 Å².